The number of ether oxygens (including phenoxy) is 1. The number of nitrogens with zero attached hydrogens (tertiary/aromatic N) is 2. The molecule has 0 saturated heterocycles. The predicted molar refractivity (Wildman–Crippen MR) is 91.6 cm³/mol. The molecule has 6 heteroatoms. The van der Waals surface area contributed by atoms with Crippen LogP contribution in [0, 0.1) is 16.7 Å². The highest BCUT2D eigenvalue weighted by Gasteiger charge is 2.07. The molecule has 0 bridgehead atoms. The van der Waals surface area contributed by atoms with E-state index in [1.165, 1.54) is 0 Å². The molecule has 2 aromatic carbocycles. The molecule has 0 aliphatic rings. The maximum atomic E-state index is 8.91. The summed E-state index contributed by atoms with van der Waals surface area (Å²) in [7, 11) is 0. The fourth-order valence-electron chi connectivity index (χ4n) is 1.97. The van der Waals surface area contributed by atoms with E-state index in [-0.39, 0.29) is 5.71 Å². The van der Waals surface area contributed by atoms with Crippen molar-refractivity contribution in [1.82, 2.24) is 0 Å². The fraction of sp³-hybridized carbons (Fsp3) is 0.118. The number of benzene rings is 2. The van der Waals surface area contributed by atoms with Crippen molar-refractivity contribution in [3.63, 3.8) is 0 Å². The van der Waals surface area contributed by atoms with Gasteiger partial charge in [-0.05, 0) is 30.2 Å². The van der Waals surface area contributed by atoms with E-state index < -0.39 is 5.84 Å². The minimum Gasteiger partial charge on any atom is -0.492 e. The molecule has 0 aliphatic carbocycles. The average molecular weight is 307 g/mol. The number of rotatable bonds is 6. The summed E-state index contributed by atoms with van der Waals surface area (Å²) in [5, 5.41) is 20.1. The van der Waals surface area contributed by atoms with Crippen LogP contribution in [-0.4, -0.2) is 18.2 Å². The zero-order chi connectivity index (χ0) is 16.7. The predicted octanol–water partition coefficient (Wildman–Crippen LogP) is 2.98. The van der Waals surface area contributed by atoms with E-state index in [0.29, 0.717) is 18.0 Å². The molecule has 0 unspecified atom stereocenters. The molecule has 23 heavy (non-hydrogen) atoms. The highest BCUT2D eigenvalue weighted by atomic mass is 16.5. The first-order chi connectivity index (χ1) is 11.2. The molecule has 2 aromatic rings. The first-order valence-corrected chi connectivity index (χ1v) is 7.06. The molecule has 2 rings (SSSR count). The number of hydrogen-bond acceptors (Lipinski definition) is 5. The van der Waals surface area contributed by atoms with Crippen LogP contribution in [0.5, 0.6) is 5.75 Å². The Bertz CT molecular complexity index is 762. The Kier molecular flexibility index (Phi) is 5.31. The molecule has 0 aliphatic heterocycles. The standard InChI is InChI=1S/C17H17N5O/c1-2-23-16-9-8-13(12-6-4-3-5-7-12)10-14(16)21-22-15(11-18)17(19)20/h3-10,21H,2H2,1H3,(H3,19,20)/b22-15+. The van der Waals surface area contributed by atoms with Crippen molar-refractivity contribution in [3.8, 4) is 22.9 Å². The molecule has 116 valence electrons. The number of nitrogens with one attached hydrogen (secondary N) is 2. The van der Waals surface area contributed by atoms with E-state index in [2.05, 4.69) is 10.5 Å². The zero-order valence-electron chi connectivity index (χ0n) is 12.7. The summed E-state index contributed by atoms with van der Waals surface area (Å²) in [5.41, 5.74) is 10.5. The second-order valence-electron chi connectivity index (χ2n) is 4.61. The molecule has 0 fully saturated rings. The highest BCUT2D eigenvalue weighted by Crippen LogP contribution is 2.30. The van der Waals surface area contributed by atoms with Crippen molar-refractivity contribution in [2.75, 3.05) is 12.0 Å². The van der Waals surface area contributed by atoms with Crippen molar-refractivity contribution in [3.05, 3.63) is 48.5 Å². The summed E-state index contributed by atoms with van der Waals surface area (Å²) < 4.78 is 5.55. The normalized spacial score (nSPS) is 10.7. The van der Waals surface area contributed by atoms with Gasteiger partial charge in [0.25, 0.3) is 0 Å². The van der Waals surface area contributed by atoms with Gasteiger partial charge in [-0.15, -0.1) is 0 Å². The number of nitriles is 1. The van der Waals surface area contributed by atoms with Gasteiger partial charge in [0.15, 0.2) is 5.84 Å². The van der Waals surface area contributed by atoms with Gasteiger partial charge in [-0.2, -0.15) is 10.4 Å². The van der Waals surface area contributed by atoms with Crippen LogP contribution in [0.15, 0.2) is 53.6 Å². The molecule has 0 atom stereocenters. The Morgan fingerprint density at radius 2 is 2.00 bits per heavy atom. The molecular formula is C17H17N5O. The second kappa shape index (κ2) is 7.61. The minimum atomic E-state index is -0.392. The third-order valence-corrected chi connectivity index (χ3v) is 3.04. The first kappa shape index (κ1) is 16.0. The third-order valence-electron chi connectivity index (χ3n) is 3.04. The molecule has 6 nitrogen and oxygen atoms in total. The summed E-state index contributed by atoms with van der Waals surface area (Å²) in [4.78, 5) is 0. The molecular weight excluding hydrogens is 290 g/mol. The quantitative estimate of drug-likeness (QED) is 0.433. The highest BCUT2D eigenvalue weighted by molar-refractivity contribution is 6.45. The monoisotopic (exact) mass is 307 g/mol. The van der Waals surface area contributed by atoms with Gasteiger partial charge in [0.05, 0.1) is 12.3 Å². The number of hydrogen-bond donors (Lipinski definition) is 3. The maximum absolute atomic E-state index is 8.91. The van der Waals surface area contributed by atoms with Crippen LogP contribution < -0.4 is 15.9 Å². The SMILES string of the molecule is CCOc1ccc(-c2ccccc2)cc1N/N=C(\C#N)C(=N)N. The molecule has 0 amide bonds. The van der Waals surface area contributed by atoms with E-state index in [4.69, 9.17) is 21.1 Å². The minimum absolute atomic E-state index is 0.183. The van der Waals surface area contributed by atoms with Crippen LogP contribution >= 0.6 is 0 Å². The Morgan fingerprint density at radius 1 is 1.26 bits per heavy atom. The van der Waals surface area contributed by atoms with Crippen molar-refractivity contribution in [2.45, 2.75) is 6.92 Å². The Morgan fingerprint density at radius 3 is 2.61 bits per heavy atom. The molecule has 0 heterocycles. The van der Waals surface area contributed by atoms with Crippen LogP contribution in [0.1, 0.15) is 6.92 Å². The molecule has 0 radical (unpaired) electrons. The van der Waals surface area contributed by atoms with Crippen molar-refractivity contribution in [1.29, 1.82) is 10.7 Å². The Hall–Kier alpha value is -3.33. The molecule has 4 N–H and O–H groups in total. The summed E-state index contributed by atoms with van der Waals surface area (Å²) in [6.45, 7) is 2.38. The van der Waals surface area contributed by atoms with Crippen LogP contribution in [-0.2, 0) is 0 Å². The van der Waals surface area contributed by atoms with E-state index in [1.54, 1.807) is 6.07 Å². The summed E-state index contributed by atoms with van der Waals surface area (Å²) in [5.74, 6) is 0.217. The lowest BCUT2D eigenvalue weighted by molar-refractivity contribution is 0.342. The largest absolute Gasteiger partial charge is 0.492 e. The lowest BCUT2D eigenvalue weighted by atomic mass is 10.0. The number of amidine groups is 1. The lowest BCUT2D eigenvalue weighted by Crippen LogP contribution is -2.21. The van der Waals surface area contributed by atoms with Crippen LogP contribution in [0.25, 0.3) is 11.1 Å². The molecule has 0 saturated carbocycles. The summed E-state index contributed by atoms with van der Waals surface area (Å²) >= 11 is 0. The number of anilines is 1. The molecule has 0 aromatic heterocycles. The number of hydrazone groups is 1. The van der Waals surface area contributed by atoms with Gasteiger partial charge in [0, 0.05) is 0 Å². The first-order valence-electron chi connectivity index (χ1n) is 7.06. The van der Waals surface area contributed by atoms with E-state index in [9.17, 15) is 0 Å². The van der Waals surface area contributed by atoms with Gasteiger partial charge < -0.3 is 10.5 Å². The van der Waals surface area contributed by atoms with Gasteiger partial charge in [0.2, 0.25) is 5.71 Å². The smallest absolute Gasteiger partial charge is 0.201 e. The van der Waals surface area contributed by atoms with Crippen LogP contribution in [0.4, 0.5) is 5.69 Å². The Balaban J connectivity index is 2.39. The summed E-state index contributed by atoms with van der Waals surface area (Å²) in [6.07, 6.45) is 0. The van der Waals surface area contributed by atoms with Gasteiger partial charge in [0.1, 0.15) is 11.8 Å². The maximum Gasteiger partial charge on any atom is 0.201 e. The van der Waals surface area contributed by atoms with Gasteiger partial charge in [-0.3, -0.25) is 10.8 Å². The van der Waals surface area contributed by atoms with E-state index >= 15 is 0 Å². The molecule has 0 spiro atoms. The van der Waals surface area contributed by atoms with Gasteiger partial charge >= 0.3 is 0 Å². The second-order valence-corrected chi connectivity index (χ2v) is 4.61. The lowest BCUT2D eigenvalue weighted by Gasteiger charge is -2.12. The average Bonchev–Trinajstić information content (AvgIpc) is 2.57. The fourth-order valence-corrected chi connectivity index (χ4v) is 1.97. The van der Waals surface area contributed by atoms with Crippen molar-refractivity contribution < 1.29 is 4.74 Å². The third kappa shape index (κ3) is 4.08. The van der Waals surface area contributed by atoms with Crippen LogP contribution in [0.3, 0.4) is 0 Å². The summed E-state index contributed by atoms with van der Waals surface area (Å²) in [6, 6.07) is 17.3. The van der Waals surface area contributed by atoms with E-state index in [0.717, 1.165) is 11.1 Å². The van der Waals surface area contributed by atoms with Gasteiger partial charge in [-0.25, -0.2) is 0 Å². The van der Waals surface area contributed by atoms with E-state index in [1.807, 2.05) is 55.5 Å². The zero-order valence-corrected chi connectivity index (χ0v) is 12.7. The topological polar surface area (TPSA) is 107 Å². The Labute approximate surface area is 134 Å². The van der Waals surface area contributed by atoms with Crippen LogP contribution in [0.2, 0.25) is 0 Å². The van der Waals surface area contributed by atoms with Gasteiger partial charge in [-0.1, -0.05) is 36.4 Å². The van der Waals surface area contributed by atoms with Crippen molar-refractivity contribution in [2.24, 2.45) is 10.8 Å². The number of nitrogens with two attached hydrogens (primary N) is 1. The van der Waals surface area contributed by atoms with Crippen molar-refractivity contribution >= 4 is 17.2 Å².